The number of fused-ring (bicyclic) bond motifs is 1. The standard InChI is InChI=1S/C14H16ClNO/c1-14(2,3)7-13(17)11-8-16-12-6-9(15)4-5-10(11)12/h4-6,8,16H,7H2,1-3H3. The van der Waals surface area contributed by atoms with Crippen LogP contribution in [-0.2, 0) is 0 Å². The summed E-state index contributed by atoms with van der Waals surface area (Å²) in [6, 6.07) is 5.54. The number of aromatic nitrogens is 1. The molecular formula is C14H16ClNO. The number of halogens is 1. The Morgan fingerprint density at radius 2 is 2.06 bits per heavy atom. The van der Waals surface area contributed by atoms with Gasteiger partial charge in [0.15, 0.2) is 5.78 Å². The molecule has 0 bridgehead atoms. The number of Topliss-reactive ketones (excluding diaryl/α,β-unsaturated/α-hetero) is 1. The number of rotatable bonds is 2. The topological polar surface area (TPSA) is 32.9 Å². The van der Waals surface area contributed by atoms with Gasteiger partial charge >= 0.3 is 0 Å². The van der Waals surface area contributed by atoms with Crippen molar-refractivity contribution in [2.24, 2.45) is 5.41 Å². The summed E-state index contributed by atoms with van der Waals surface area (Å²) in [7, 11) is 0. The van der Waals surface area contributed by atoms with Gasteiger partial charge in [-0.3, -0.25) is 4.79 Å². The maximum Gasteiger partial charge on any atom is 0.165 e. The molecule has 3 heteroatoms. The van der Waals surface area contributed by atoms with Gasteiger partial charge in [-0.1, -0.05) is 38.4 Å². The Bertz CT molecular complexity index is 563. The molecule has 0 atom stereocenters. The second-order valence-corrected chi connectivity index (χ2v) is 5.99. The highest BCUT2D eigenvalue weighted by molar-refractivity contribution is 6.31. The summed E-state index contributed by atoms with van der Waals surface area (Å²) in [4.78, 5) is 15.3. The average Bonchev–Trinajstić information content (AvgIpc) is 2.57. The molecule has 17 heavy (non-hydrogen) atoms. The molecule has 0 unspecified atom stereocenters. The molecule has 0 aliphatic rings. The van der Waals surface area contributed by atoms with E-state index in [-0.39, 0.29) is 11.2 Å². The zero-order valence-electron chi connectivity index (χ0n) is 10.3. The summed E-state index contributed by atoms with van der Waals surface area (Å²) in [5.41, 5.74) is 1.67. The van der Waals surface area contributed by atoms with Crippen molar-refractivity contribution in [3.8, 4) is 0 Å². The molecule has 0 amide bonds. The molecule has 0 saturated carbocycles. The molecule has 2 aromatic rings. The minimum Gasteiger partial charge on any atom is -0.360 e. The zero-order valence-corrected chi connectivity index (χ0v) is 11.1. The number of hydrogen-bond donors (Lipinski definition) is 1. The van der Waals surface area contributed by atoms with Crippen LogP contribution in [0.5, 0.6) is 0 Å². The highest BCUT2D eigenvalue weighted by atomic mass is 35.5. The Kier molecular flexibility index (Phi) is 3.00. The van der Waals surface area contributed by atoms with Crippen molar-refractivity contribution in [2.45, 2.75) is 27.2 Å². The number of H-pyrrole nitrogens is 1. The molecule has 2 nitrogen and oxygen atoms in total. The number of carbonyl (C=O) groups is 1. The van der Waals surface area contributed by atoms with Crippen LogP contribution in [-0.4, -0.2) is 10.8 Å². The summed E-state index contributed by atoms with van der Waals surface area (Å²) in [6.45, 7) is 6.20. The number of aromatic amines is 1. The second-order valence-electron chi connectivity index (χ2n) is 5.55. The van der Waals surface area contributed by atoms with Crippen molar-refractivity contribution in [3.05, 3.63) is 35.0 Å². The van der Waals surface area contributed by atoms with Gasteiger partial charge < -0.3 is 4.98 Å². The van der Waals surface area contributed by atoms with Crippen LogP contribution >= 0.6 is 11.6 Å². The molecule has 0 spiro atoms. The summed E-state index contributed by atoms with van der Waals surface area (Å²) in [6.07, 6.45) is 2.32. The van der Waals surface area contributed by atoms with E-state index >= 15 is 0 Å². The Hall–Kier alpha value is -1.28. The SMILES string of the molecule is CC(C)(C)CC(=O)c1c[nH]c2cc(Cl)ccc12. The lowest BCUT2D eigenvalue weighted by atomic mass is 9.88. The molecule has 0 radical (unpaired) electrons. The molecule has 0 fully saturated rings. The normalized spacial score (nSPS) is 12.0. The third-order valence-corrected chi connectivity index (χ3v) is 2.87. The van der Waals surface area contributed by atoms with Gasteiger partial charge in [-0.15, -0.1) is 0 Å². The molecule has 1 aromatic carbocycles. The summed E-state index contributed by atoms with van der Waals surface area (Å²) in [5, 5.41) is 1.62. The zero-order chi connectivity index (χ0) is 12.6. The fourth-order valence-electron chi connectivity index (χ4n) is 1.91. The Morgan fingerprint density at radius 1 is 1.35 bits per heavy atom. The largest absolute Gasteiger partial charge is 0.360 e. The molecular weight excluding hydrogens is 234 g/mol. The summed E-state index contributed by atoms with van der Waals surface area (Å²) in [5.74, 6) is 0.172. The van der Waals surface area contributed by atoms with Crippen molar-refractivity contribution in [1.82, 2.24) is 4.98 Å². The number of nitrogens with one attached hydrogen (secondary N) is 1. The van der Waals surface area contributed by atoms with Crippen molar-refractivity contribution >= 4 is 28.3 Å². The van der Waals surface area contributed by atoms with Crippen LogP contribution in [0.15, 0.2) is 24.4 Å². The van der Waals surface area contributed by atoms with Crippen molar-refractivity contribution in [2.75, 3.05) is 0 Å². The monoisotopic (exact) mass is 249 g/mol. The van der Waals surface area contributed by atoms with Gasteiger partial charge in [0, 0.05) is 34.1 Å². The lowest BCUT2D eigenvalue weighted by Gasteiger charge is -2.16. The number of carbonyl (C=O) groups excluding carboxylic acids is 1. The molecule has 90 valence electrons. The van der Waals surface area contributed by atoms with Crippen LogP contribution in [0.2, 0.25) is 5.02 Å². The van der Waals surface area contributed by atoms with Gasteiger partial charge in [0.05, 0.1) is 0 Å². The Balaban J connectivity index is 2.40. The predicted octanol–water partition coefficient (Wildman–Crippen LogP) is 4.44. The van der Waals surface area contributed by atoms with Crippen molar-refractivity contribution in [1.29, 1.82) is 0 Å². The van der Waals surface area contributed by atoms with E-state index in [0.29, 0.717) is 11.4 Å². The third-order valence-electron chi connectivity index (χ3n) is 2.64. The number of ketones is 1. The first-order valence-electron chi connectivity index (χ1n) is 5.67. The maximum atomic E-state index is 12.2. The Morgan fingerprint density at radius 3 is 2.71 bits per heavy atom. The number of hydrogen-bond acceptors (Lipinski definition) is 1. The first-order valence-corrected chi connectivity index (χ1v) is 6.04. The van der Waals surface area contributed by atoms with Crippen molar-refractivity contribution < 1.29 is 4.79 Å². The minimum absolute atomic E-state index is 0.00705. The quantitative estimate of drug-likeness (QED) is 0.784. The van der Waals surface area contributed by atoms with E-state index in [1.807, 2.05) is 18.2 Å². The summed E-state index contributed by atoms with van der Waals surface area (Å²) < 4.78 is 0. The van der Waals surface area contributed by atoms with Crippen molar-refractivity contribution in [3.63, 3.8) is 0 Å². The van der Waals surface area contributed by atoms with E-state index in [4.69, 9.17) is 11.6 Å². The van der Waals surface area contributed by atoms with Gasteiger partial charge in [-0.2, -0.15) is 0 Å². The molecule has 0 saturated heterocycles. The van der Waals surface area contributed by atoms with E-state index in [1.165, 1.54) is 0 Å². The fraction of sp³-hybridized carbons (Fsp3) is 0.357. The highest BCUT2D eigenvalue weighted by Gasteiger charge is 2.19. The smallest absolute Gasteiger partial charge is 0.165 e. The van der Waals surface area contributed by atoms with Gasteiger partial charge in [-0.05, 0) is 17.5 Å². The molecule has 1 aromatic heterocycles. The van der Waals surface area contributed by atoms with Crippen LogP contribution in [0.25, 0.3) is 10.9 Å². The van der Waals surface area contributed by atoms with Gasteiger partial charge in [0.1, 0.15) is 0 Å². The van der Waals surface area contributed by atoms with E-state index < -0.39 is 0 Å². The molecule has 0 aliphatic heterocycles. The first-order chi connectivity index (χ1) is 7.87. The summed E-state index contributed by atoms with van der Waals surface area (Å²) >= 11 is 5.91. The highest BCUT2D eigenvalue weighted by Crippen LogP contribution is 2.27. The Labute approximate surface area is 106 Å². The van der Waals surface area contributed by atoms with Crippen LogP contribution in [0.1, 0.15) is 37.6 Å². The molecule has 1 N–H and O–H groups in total. The van der Waals surface area contributed by atoms with E-state index in [0.717, 1.165) is 16.5 Å². The first kappa shape index (κ1) is 12.2. The van der Waals surface area contributed by atoms with Gasteiger partial charge in [-0.25, -0.2) is 0 Å². The van der Waals surface area contributed by atoms with Crippen LogP contribution in [0, 0.1) is 5.41 Å². The fourth-order valence-corrected chi connectivity index (χ4v) is 2.08. The maximum absolute atomic E-state index is 12.2. The second kappa shape index (κ2) is 4.19. The minimum atomic E-state index is 0.00705. The van der Waals surface area contributed by atoms with Crippen LogP contribution in [0.4, 0.5) is 0 Å². The average molecular weight is 250 g/mol. The van der Waals surface area contributed by atoms with E-state index in [9.17, 15) is 4.79 Å². The van der Waals surface area contributed by atoms with E-state index in [1.54, 1.807) is 6.20 Å². The van der Waals surface area contributed by atoms with Gasteiger partial charge in [0.2, 0.25) is 0 Å². The molecule has 0 aliphatic carbocycles. The lowest BCUT2D eigenvalue weighted by molar-refractivity contribution is 0.0941. The van der Waals surface area contributed by atoms with Gasteiger partial charge in [0.25, 0.3) is 0 Å². The number of benzene rings is 1. The molecule has 2 rings (SSSR count). The lowest BCUT2D eigenvalue weighted by Crippen LogP contribution is -2.12. The van der Waals surface area contributed by atoms with Crippen LogP contribution in [0.3, 0.4) is 0 Å². The molecule has 1 heterocycles. The van der Waals surface area contributed by atoms with Crippen LogP contribution < -0.4 is 0 Å². The van der Waals surface area contributed by atoms with E-state index in [2.05, 4.69) is 25.8 Å². The predicted molar refractivity (Wildman–Crippen MR) is 71.7 cm³/mol. The third kappa shape index (κ3) is 2.70.